The zero-order valence-corrected chi connectivity index (χ0v) is 10.0. The lowest BCUT2D eigenvalue weighted by molar-refractivity contribution is 0.00143. The van der Waals surface area contributed by atoms with Crippen molar-refractivity contribution in [3.8, 4) is 0 Å². The Morgan fingerprint density at radius 1 is 1.33 bits per heavy atom. The first kappa shape index (κ1) is 12.8. The van der Waals surface area contributed by atoms with E-state index in [0.29, 0.717) is 28.6 Å². The summed E-state index contributed by atoms with van der Waals surface area (Å²) in [7, 11) is 0. The molecule has 0 aliphatic carbocycles. The predicted octanol–water partition coefficient (Wildman–Crippen LogP) is 3.37. The van der Waals surface area contributed by atoms with Crippen molar-refractivity contribution in [1.29, 1.82) is 0 Å². The van der Waals surface area contributed by atoms with E-state index in [0.717, 1.165) is 0 Å². The molecule has 0 saturated carbocycles. The molecule has 2 nitrogen and oxygen atoms in total. The molecule has 4 heteroatoms. The second kappa shape index (κ2) is 6.33. The van der Waals surface area contributed by atoms with Crippen molar-refractivity contribution in [3.63, 3.8) is 0 Å². The van der Waals surface area contributed by atoms with Crippen molar-refractivity contribution in [1.82, 2.24) is 0 Å². The first-order valence-corrected chi connectivity index (χ1v) is 5.57. The minimum Gasteiger partial charge on any atom is -0.379 e. The van der Waals surface area contributed by atoms with Crippen LogP contribution in [0.2, 0.25) is 10.0 Å². The normalized spacial score (nSPS) is 12.8. The van der Waals surface area contributed by atoms with Crippen LogP contribution in [0, 0.1) is 0 Å². The van der Waals surface area contributed by atoms with Crippen LogP contribution in [0.5, 0.6) is 0 Å². The third-order valence-electron chi connectivity index (χ3n) is 2.00. The molecule has 0 saturated heterocycles. The van der Waals surface area contributed by atoms with Crippen LogP contribution in [0.15, 0.2) is 18.2 Å². The Kier molecular flexibility index (Phi) is 5.40. The summed E-state index contributed by atoms with van der Waals surface area (Å²) in [5, 5.41) is 12.6. The largest absolute Gasteiger partial charge is 0.379 e. The van der Waals surface area contributed by atoms with E-state index in [4.69, 9.17) is 27.9 Å². The summed E-state index contributed by atoms with van der Waals surface area (Å²) in [6.07, 6.45) is -0.513. The minimum absolute atomic E-state index is 0.193. The van der Waals surface area contributed by atoms with Gasteiger partial charge < -0.3 is 4.74 Å². The van der Waals surface area contributed by atoms with Gasteiger partial charge in [0.25, 0.3) is 0 Å². The Balaban J connectivity index is 2.63. The first-order valence-electron chi connectivity index (χ1n) is 4.81. The molecular formula is C11H13Cl2O2. The first-order chi connectivity index (χ1) is 7.15. The molecule has 0 heterocycles. The van der Waals surface area contributed by atoms with Gasteiger partial charge in [-0.05, 0) is 24.6 Å². The SMILES string of the molecule is CCOCC([O])Cc1c(Cl)cccc1Cl. The Labute approximate surface area is 99.8 Å². The lowest BCUT2D eigenvalue weighted by atomic mass is 10.1. The summed E-state index contributed by atoms with van der Waals surface area (Å²) in [5.74, 6) is 0. The molecule has 0 N–H and O–H groups in total. The van der Waals surface area contributed by atoms with Crippen LogP contribution in [0.25, 0.3) is 0 Å². The van der Waals surface area contributed by atoms with E-state index in [1.165, 1.54) is 0 Å². The van der Waals surface area contributed by atoms with Crippen molar-refractivity contribution in [2.24, 2.45) is 0 Å². The van der Waals surface area contributed by atoms with Crippen molar-refractivity contribution >= 4 is 23.2 Å². The van der Waals surface area contributed by atoms with Gasteiger partial charge in [0.05, 0.1) is 6.61 Å². The Morgan fingerprint density at radius 2 is 1.93 bits per heavy atom. The third-order valence-corrected chi connectivity index (χ3v) is 2.71. The maximum Gasteiger partial charge on any atom is 0.120 e. The number of hydrogen-bond acceptors (Lipinski definition) is 1. The van der Waals surface area contributed by atoms with E-state index in [1.807, 2.05) is 6.92 Å². The summed E-state index contributed by atoms with van der Waals surface area (Å²) >= 11 is 11.9. The molecule has 1 unspecified atom stereocenters. The molecule has 0 aliphatic rings. The maximum atomic E-state index is 11.5. The molecular weight excluding hydrogens is 235 g/mol. The Hall–Kier alpha value is -0.280. The van der Waals surface area contributed by atoms with Crippen LogP contribution in [0.4, 0.5) is 0 Å². The van der Waals surface area contributed by atoms with Gasteiger partial charge in [-0.15, -0.1) is 0 Å². The smallest absolute Gasteiger partial charge is 0.120 e. The third kappa shape index (κ3) is 3.99. The molecule has 1 rings (SSSR count). The number of hydrogen-bond donors (Lipinski definition) is 0. The molecule has 0 bridgehead atoms. The van der Waals surface area contributed by atoms with Gasteiger partial charge in [0, 0.05) is 23.1 Å². The molecule has 0 fully saturated rings. The molecule has 1 aromatic carbocycles. The van der Waals surface area contributed by atoms with Gasteiger partial charge in [-0.25, -0.2) is 5.11 Å². The number of ether oxygens (including phenoxy) is 1. The summed E-state index contributed by atoms with van der Waals surface area (Å²) in [6.45, 7) is 2.60. The molecule has 0 aliphatic heterocycles. The second-order valence-electron chi connectivity index (χ2n) is 3.19. The maximum absolute atomic E-state index is 11.5. The molecule has 0 amide bonds. The molecule has 15 heavy (non-hydrogen) atoms. The summed E-state index contributed by atoms with van der Waals surface area (Å²) in [4.78, 5) is 0. The van der Waals surface area contributed by atoms with Crippen LogP contribution < -0.4 is 0 Å². The van der Waals surface area contributed by atoms with Crippen molar-refractivity contribution in [3.05, 3.63) is 33.8 Å². The highest BCUT2D eigenvalue weighted by molar-refractivity contribution is 6.35. The summed E-state index contributed by atoms with van der Waals surface area (Å²) in [6, 6.07) is 5.23. The average Bonchev–Trinajstić information content (AvgIpc) is 2.21. The fourth-order valence-electron chi connectivity index (χ4n) is 1.26. The van der Waals surface area contributed by atoms with Crippen LogP contribution in [-0.4, -0.2) is 19.3 Å². The molecule has 83 valence electrons. The topological polar surface area (TPSA) is 29.1 Å². The van der Waals surface area contributed by atoms with Crippen LogP contribution in [-0.2, 0) is 16.3 Å². The van der Waals surface area contributed by atoms with Crippen molar-refractivity contribution in [2.75, 3.05) is 13.2 Å². The van der Waals surface area contributed by atoms with Gasteiger partial charge in [0.1, 0.15) is 6.10 Å². The number of benzene rings is 1. The molecule has 0 aromatic heterocycles. The van der Waals surface area contributed by atoms with E-state index < -0.39 is 6.10 Å². The van der Waals surface area contributed by atoms with Crippen LogP contribution in [0.1, 0.15) is 12.5 Å². The summed E-state index contributed by atoms with van der Waals surface area (Å²) in [5.41, 5.74) is 0.709. The zero-order chi connectivity index (χ0) is 11.3. The number of halogens is 2. The monoisotopic (exact) mass is 247 g/mol. The lowest BCUT2D eigenvalue weighted by Gasteiger charge is -2.10. The fourth-order valence-corrected chi connectivity index (χ4v) is 1.81. The average molecular weight is 248 g/mol. The van der Waals surface area contributed by atoms with E-state index >= 15 is 0 Å². The van der Waals surface area contributed by atoms with Crippen molar-refractivity contribution < 1.29 is 9.84 Å². The highest BCUT2D eigenvalue weighted by atomic mass is 35.5. The molecule has 1 aromatic rings. The van der Waals surface area contributed by atoms with Gasteiger partial charge >= 0.3 is 0 Å². The van der Waals surface area contributed by atoms with Crippen LogP contribution >= 0.6 is 23.2 Å². The van der Waals surface area contributed by atoms with E-state index in [-0.39, 0.29) is 6.61 Å². The zero-order valence-electron chi connectivity index (χ0n) is 8.50. The minimum atomic E-state index is -0.817. The van der Waals surface area contributed by atoms with Gasteiger partial charge in [0.2, 0.25) is 0 Å². The lowest BCUT2D eigenvalue weighted by Crippen LogP contribution is -2.17. The van der Waals surface area contributed by atoms with Crippen LogP contribution in [0.3, 0.4) is 0 Å². The van der Waals surface area contributed by atoms with Crippen molar-refractivity contribution in [2.45, 2.75) is 19.4 Å². The summed E-state index contributed by atoms with van der Waals surface area (Å²) < 4.78 is 5.05. The molecule has 1 atom stereocenters. The highest BCUT2D eigenvalue weighted by Gasteiger charge is 2.12. The Bertz CT molecular complexity index is 295. The van der Waals surface area contributed by atoms with Gasteiger partial charge in [-0.2, -0.15) is 0 Å². The quantitative estimate of drug-likeness (QED) is 0.785. The Morgan fingerprint density at radius 3 is 2.47 bits per heavy atom. The van der Waals surface area contributed by atoms with E-state index in [9.17, 15) is 5.11 Å². The molecule has 1 radical (unpaired) electrons. The standard InChI is InChI=1S/C11H13Cl2O2/c1-2-15-7-8(14)6-9-10(12)4-3-5-11(9)13/h3-5,8H,2,6-7H2,1H3. The second-order valence-corrected chi connectivity index (χ2v) is 4.00. The predicted molar refractivity (Wildman–Crippen MR) is 61.1 cm³/mol. The van der Waals surface area contributed by atoms with E-state index in [1.54, 1.807) is 18.2 Å². The van der Waals surface area contributed by atoms with Gasteiger partial charge in [-0.3, -0.25) is 0 Å². The molecule has 0 spiro atoms. The number of rotatable bonds is 5. The van der Waals surface area contributed by atoms with Gasteiger partial charge in [-0.1, -0.05) is 29.3 Å². The highest BCUT2D eigenvalue weighted by Crippen LogP contribution is 2.25. The van der Waals surface area contributed by atoms with E-state index in [2.05, 4.69) is 0 Å². The van der Waals surface area contributed by atoms with Gasteiger partial charge in [0.15, 0.2) is 0 Å². The fraction of sp³-hybridized carbons (Fsp3) is 0.455.